The molecule has 5 nitrogen and oxygen atoms in total. The molecule has 0 atom stereocenters. The fraction of sp³-hybridized carbons (Fsp3) is 0.500. The molecule has 20 heavy (non-hydrogen) atoms. The summed E-state index contributed by atoms with van der Waals surface area (Å²) in [5.74, 6) is -0.543. The Morgan fingerprint density at radius 1 is 1.45 bits per heavy atom. The Hall–Kier alpha value is -0.730. The van der Waals surface area contributed by atoms with Crippen molar-refractivity contribution in [2.24, 2.45) is 5.73 Å². The number of nitrogens with two attached hydrogens (primary N) is 1. The van der Waals surface area contributed by atoms with Crippen LogP contribution in [0.3, 0.4) is 0 Å². The van der Waals surface area contributed by atoms with Crippen LogP contribution in [0.4, 0.5) is 4.39 Å². The summed E-state index contributed by atoms with van der Waals surface area (Å²) in [6.45, 7) is 3.31. The maximum atomic E-state index is 13.6. The largest absolute Gasteiger partial charge is 0.324 e. The number of nitrogens with zero attached hydrogens (tertiary/aromatic N) is 1. The van der Waals surface area contributed by atoms with Crippen molar-refractivity contribution in [3.05, 3.63) is 34.6 Å². The van der Waals surface area contributed by atoms with Crippen molar-refractivity contribution in [1.29, 1.82) is 0 Å². The molecule has 0 saturated heterocycles. The molecule has 3 N–H and O–H groups in total. The van der Waals surface area contributed by atoms with Crippen molar-refractivity contribution < 1.29 is 12.8 Å². The van der Waals surface area contributed by atoms with Gasteiger partial charge in [-0.05, 0) is 26.0 Å². The first-order valence-corrected chi connectivity index (χ1v) is 7.77. The van der Waals surface area contributed by atoms with E-state index in [9.17, 15) is 12.8 Å². The second-order valence-electron chi connectivity index (χ2n) is 5.27. The van der Waals surface area contributed by atoms with Gasteiger partial charge < -0.3 is 5.73 Å². The highest BCUT2D eigenvalue weighted by atomic mass is 35.5. The molecule has 0 amide bonds. The third-order valence-corrected chi connectivity index (χ3v) is 4.38. The number of nitrogens with one attached hydrogen (secondary N) is 1. The van der Waals surface area contributed by atoms with Crippen LogP contribution in [0.25, 0.3) is 0 Å². The quantitative estimate of drug-likeness (QED) is 0.832. The summed E-state index contributed by atoms with van der Waals surface area (Å²) >= 11 is 5.87. The predicted molar refractivity (Wildman–Crippen MR) is 78.1 cm³/mol. The normalized spacial score (nSPS) is 12.9. The highest BCUT2D eigenvalue weighted by Gasteiger charge is 2.22. The van der Waals surface area contributed by atoms with Crippen molar-refractivity contribution in [2.45, 2.75) is 25.9 Å². The van der Waals surface area contributed by atoms with Gasteiger partial charge in [-0.1, -0.05) is 17.7 Å². The molecule has 0 aliphatic rings. The van der Waals surface area contributed by atoms with E-state index in [2.05, 4.69) is 4.72 Å². The minimum absolute atomic E-state index is 0.0741. The molecule has 1 aromatic rings. The van der Waals surface area contributed by atoms with Crippen LogP contribution in [0.15, 0.2) is 18.2 Å². The zero-order valence-electron chi connectivity index (χ0n) is 11.7. The zero-order chi connectivity index (χ0) is 15.6. The van der Waals surface area contributed by atoms with E-state index in [4.69, 9.17) is 17.3 Å². The van der Waals surface area contributed by atoms with Crippen LogP contribution < -0.4 is 10.5 Å². The molecule has 0 aromatic heterocycles. The van der Waals surface area contributed by atoms with Crippen LogP contribution in [0.1, 0.15) is 19.4 Å². The van der Waals surface area contributed by atoms with Gasteiger partial charge in [-0.15, -0.1) is 0 Å². The summed E-state index contributed by atoms with van der Waals surface area (Å²) in [4.78, 5) is 0. The molecular weight excluding hydrogens is 305 g/mol. The molecule has 114 valence electrons. The van der Waals surface area contributed by atoms with Gasteiger partial charge in [0.05, 0.1) is 0 Å². The van der Waals surface area contributed by atoms with Crippen LogP contribution >= 0.6 is 11.6 Å². The smallest absolute Gasteiger partial charge is 0.279 e. The van der Waals surface area contributed by atoms with Crippen LogP contribution in [-0.4, -0.2) is 31.9 Å². The van der Waals surface area contributed by atoms with Gasteiger partial charge in [-0.25, -0.2) is 9.11 Å². The summed E-state index contributed by atoms with van der Waals surface area (Å²) in [7, 11) is -2.41. The molecular formula is C12H19ClFN3O2S. The van der Waals surface area contributed by atoms with Gasteiger partial charge in [-0.3, -0.25) is 0 Å². The molecule has 8 heteroatoms. The lowest BCUT2D eigenvalue weighted by Gasteiger charge is -2.23. The zero-order valence-corrected chi connectivity index (χ0v) is 13.2. The Morgan fingerprint density at radius 3 is 2.55 bits per heavy atom. The predicted octanol–water partition coefficient (Wildman–Crippen LogP) is 1.48. The Bertz CT molecular complexity index is 552. The summed E-state index contributed by atoms with van der Waals surface area (Å²) in [6.07, 6.45) is 0. The van der Waals surface area contributed by atoms with E-state index in [0.29, 0.717) is 0 Å². The Balaban J connectivity index is 2.82. The summed E-state index contributed by atoms with van der Waals surface area (Å²) in [5.41, 5.74) is 5.17. The molecule has 0 aliphatic heterocycles. The van der Waals surface area contributed by atoms with Gasteiger partial charge in [0.15, 0.2) is 0 Å². The molecule has 1 rings (SSSR count). The van der Waals surface area contributed by atoms with Crippen molar-refractivity contribution in [3.63, 3.8) is 0 Å². The summed E-state index contributed by atoms with van der Waals surface area (Å²) in [6, 6.07) is 4.21. The standard InChI is InChI=1S/C12H19ClFN3O2S/c1-12(2,15)8-16-20(18,19)17(3)7-9-10(13)5-4-6-11(9)14/h4-6,16H,7-8,15H2,1-3H3. The van der Waals surface area contributed by atoms with Crippen molar-refractivity contribution >= 4 is 21.8 Å². The number of benzene rings is 1. The summed E-state index contributed by atoms with van der Waals surface area (Å²) in [5, 5.41) is 0.186. The van der Waals surface area contributed by atoms with E-state index in [1.807, 2.05) is 0 Å². The second kappa shape index (κ2) is 6.36. The van der Waals surface area contributed by atoms with Crippen LogP contribution in [0.2, 0.25) is 5.02 Å². The molecule has 0 bridgehead atoms. The molecule has 0 unspecified atom stereocenters. The monoisotopic (exact) mass is 323 g/mol. The first kappa shape index (κ1) is 17.3. The molecule has 0 aliphatic carbocycles. The number of hydrogen-bond acceptors (Lipinski definition) is 3. The van der Waals surface area contributed by atoms with Crippen LogP contribution in [0.5, 0.6) is 0 Å². The molecule has 0 fully saturated rings. The third kappa shape index (κ3) is 4.99. The SMILES string of the molecule is CN(Cc1c(F)cccc1Cl)S(=O)(=O)NCC(C)(C)N. The van der Waals surface area contributed by atoms with E-state index in [1.54, 1.807) is 13.8 Å². The maximum absolute atomic E-state index is 13.6. The number of halogens is 2. The lowest BCUT2D eigenvalue weighted by molar-refractivity contribution is 0.431. The van der Waals surface area contributed by atoms with E-state index >= 15 is 0 Å². The van der Waals surface area contributed by atoms with Crippen molar-refractivity contribution in [2.75, 3.05) is 13.6 Å². The Kier molecular flexibility index (Phi) is 5.51. The highest BCUT2D eigenvalue weighted by molar-refractivity contribution is 7.87. The fourth-order valence-corrected chi connectivity index (χ4v) is 2.68. The fourth-order valence-electron chi connectivity index (χ4n) is 1.38. The molecule has 0 spiro atoms. The average Bonchev–Trinajstić information content (AvgIpc) is 2.30. The van der Waals surface area contributed by atoms with E-state index in [0.717, 1.165) is 4.31 Å². The minimum atomic E-state index is -3.75. The van der Waals surface area contributed by atoms with Crippen molar-refractivity contribution in [3.8, 4) is 0 Å². The minimum Gasteiger partial charge on any atom is -0.324 e. The molecule has 1 aromatic carbocycles. The van der Waals surface area contributed by atoms with Gasteiger partial charge in [0.2, 0.25) is 0 Å². The first-order chi connectivity index (χ1) is 9.03. The summed E-state index contributed by atoms with van der Waals surface area (Å²) < 4.78 is 41.0. The Labute approximate surface area is 124 Å². The molecule has 0 saturated carbocycles. The third-order valence-electron chi connectivity index (χ3n) is 2.56. The van der Waals surface area contributed by atoms with E-state index in [-0.39, 0.29) is 23.7 Å². The lowest BCUT2D eigenvalue weighted by atomic mass is 10.1. The van der Waals surface area contributed by atoms with Gasteiger partial charge >= 0.3 is 0 Å². The van der Waals surface area contributed by atoms with Crippen LogP contribution in [0, 0.1) is 5.82 Å². The molecule has 0 heterocycles. The van der Waals surface area contributed by atoms with Gasteiger partial charge in [-0.2, -0.15) is 12.7 Å². The highest BCUT2D eigenvalue weighted by Crippen LogP contribution is 2.21. The van der Waals surface area contributed by atoms with Gasteiger partial charge in [0, 0.05) is 36.3 Å². The first-order valence-electron chi connectivity index (χ1n) is 5.95. The number of rotatable bonds is 6. The van der Waals surface area contributed by atoms with Crippen LogP contribution in [-0.2, 0) is 16.8 Å². The molecule has 0 radical (unpaired) electrons. The number of hydrogen-bond donors (Lipinski definition) is 2. The average molecular weight is 324 g/mol. The van der Waals surface area contributed by atoms with Gasteiger partial charge in [0.1, 0.15) is 5.82 Å². The van der Waals surface area contributed by atoms with Gasteiger partial charge in [0.25, 0.3) is 10.2 Å². The van der Waals surface area contributed by atoms with Crippen molar-refractivity contribution in [1.82, 2.24) is 9.03 Å². The second-order valence-corrected chi connectivity index (χ2v) is 7.54. The van der Waals surface area contributed by atoms with E-state index in [1.165, 1.54) is 25.2 Å². The Morgan fingerprint density at radius 2 is 2.05 bits per heavy atom. The van der Waals surface area contributed by atoms with E-state index < -0.39 is 21.6 Å². The lowest BCUT2D eigenvalue weighted by Crippen LogP contribution is -2.48. The topological polar surface area (TPSA) is 75.4 Å². The maximum Gasteiger partial charge on any atom is 0.279 e.